The first kappa shape index (κ1) is 8.73. The molecule has 12 heavy (non-hydrogen) atoms. The molecule has 2 N–H and O–H groups in total. The third-order valence-electron chi connectivity index (χ3n) is 1.40. The number of rotatable bonds is 4. The van der Waals surface area contributed by atoms with Gasteiger partial charge in [-0.1, -0.05) is 0 Å². The highest BCUT2D eigenvalue weighted by Crippen LogP contribution is 1.95. The molecule has 0 unspecified atom stereocenters. The zero-order valence-corrected chi connectivity index (χ0v) is 6.82. The molecule has 0 atom stereocenters. The van der Waals surface area contributed by atoms with Crippen LogP contribution in [-0.2, 0) is 11.3 Å². The maximum absolute atomic E-state index is 10.3. The third-order valence-corrected chi connectivity index (χ3v) is 1.40. The second kappa shape index (κ2) is 3.87. The summed E-state index contributed by atoms with van der Waals surface area (Å²) in [5, 5.41) is 8.45. The van der Waals surface area contributed by atoms with Gasteiger partial charge >= 0.3 is 5.97 Å². The highest BCUT2D eigenvalue weighted by molar-refractivity contribution is 5.68. The number of carbonyl (C=O) groups is 1. The van der Waals surface area contributed by atoms with E-state index in [4.69, 9.17) is 5.11 Å². The molecule has 66 valence electrons. The van der Waals surface area contributed by atoms with Crippen molar-refractivity contribution in [3.63, 3.8) is 0 Å². The predicted molar refractivity (Wildman–Crippen MR) is 42.6 cm³/mol. The molecule has 0 aliphatic carbocycles. The van der Waals surface area contributed by atoms with E-state index >= 15 is 0 Å². The summed E-state index contributed by atoms with van der Waals surface area (Å²) in [6.45, 7) is 0.616. The summed E-state index contributed by atoms with van der Waals surface area (Å²) in [6.07, 6.45) is 3.25. The first-order chi connectivity index (χ1) is 5.68. The first-order valence-corrected chi connectivity index (χ1v) is 3.56. The Bertz CT molecular complexity index is 245. The Morgan fingerprint density at radius 3 is 3.08 bits per heavy atom. The summed E-state index contributed by atoms with van der Waals surface area (Å²) in [4.78, 5) is 18.7. The Balaban J connectivity index is 2.36. The molecule has 1 heterocycles. The van der Waals surface area contributed by atoms with Crippen LogP contribution in [0.3, 0.4) is 0 Å². The lowest BCUT2D eigenvalue weighted by atomic mass is 10.4. The highest BCUT2D eigenvalue weighted by Gasteiger charge is 2.04. The second-order valence-electron chi connectivity index (χ2n) is 2.64. The van der Waals surface area contributed by atoms with Crippen molar-refractivity contribution in [2.75, 3.05) is 13.6 Å². The minimum atomic E-state index is -0.822. The Morgan fingerprint density at radius 2 is 2.58 bits per heavy atom. The molecular formula is C7H11N3O2. The smallest absolute Gasteiger partial charge is 0.317 e. The van der Waals surface area contributed by atoms with Gasteiger partial charge < -0.3 is 10.1 Å². The number of hydrogen-bond donors (Lipinski definition) is 2. The molecule has 1 rings (SSSR count). The monoisotopic (exact) mass is 169 g/mol. The molecule has 0 aromatic carbocycles. The van der Waals surface area contributed by atoms with E-state index in [0.29, 0.717) is 6.54 Å². The fraction of sp³-hybridized carbons (Fsp3) is 0.429. The molecule has 0 fully saturated rings. The van der Waals surface area contributed by atoms with Crippen molar-refractivity contribution in [3.05, 3.63) is 18.2 Å². The number of nitrogens with zero attached hydrogens (tertiary/aromatic N) is 2. The minimum absolute atomic E-state index is 0.0407. The first-order valence-electron chi connectivity index (χ1n) is 3.56. The lowest BCUT2D eigenvalue weighted by Crippen LogP contribution is -2.25. The number of nitrogens with one attached hydrogen (secondary N) is 1. The van der Waals surface area contributed by atoms with Crippen LogP contribution in [0.25, 0.3) is 0 Å². The van der Waals surface area contributed by atoms with Gasteiger partial charge in [0.15, 0.2) is 0 Å². The van der Waals surface area contributed by atoms with E-state index in [-0.39, 0.29) is 6.54 Å². The molecule has 0 spiro atoms. The zero-order valence-electron chi connectivity index (χ0n) is 6.82. The van der Waals surface area contributed by atoms with Crippen LogP contribution in [-0.4, -0.2) is 39.5 Å². The van der Waals surface area contributed by atoms with Gasteiger partial charge in [-0.3, -0.25) is 9.69 Å². The van der Waals surface area contributed by atoms with Gasteiger partial charge in [0.25, 0.3) is 0 Å². The molecule has 0 radical (unpaired) electrons. The summed E-state index contributed by atoms with van der Waals surface area (Å²) in [7, 11) is 1.74. The number of H-pyrrole nitrogens is 1. The van der Waals surface area contributed by atoms with Gasteiger partial charge in [0, 0.05) is 18.4 Å². The van der Waals surface area contributed by atoms with E-state index in [1.807, 2.05) is 0 Å². The van der Waals surface area contributed by atoms with E-state index in [1.165, 1.54) is 0 Å². The van der Waals surface area contributed by atoms with Gasteiger partial charge in [0.2, 0.25) is 0 Å². The predicted octanol–water partition coefficient (Wildman–Crippen LogP) is -0.0739. The lowest BCUT2D eigenvalue weighted by molar-refractivity contribution is -0.138. The number of aliphatic carboxylic acids is 1. The van der Waals surface area contributed by atoms with Crippen molar-refractivity contribution in [1.29, 1.82) is 0 Å². The van der Waals surface area contributed by atoms with Crippen LogP contribution >= 0.6 is 0 Å². The number of carboxylic acid groups (broad SMARTS) is 1. The van der Waals surface area contributed by atoms with Gasteiger partial charge in [-0.05, 0) is 7.05 Å². The van der Waals surface area contributed by atoms with Crippen molar-refractivity contribution in [2.24, 2.45) is 0 Å². The summed E-state index contributed by atoms with van der Waals surface area (Å²) in [6, 6.07) is 0. The Kier molecular flexibility index (Phi) is 2.82. The van der Waals surface area contributed by atoms with E-state index in [0.717, 1.165) is 5.69 Å². The summed E-state index contributed by atoms with van der Waals surface area (Å²) >= 11 is 0. The topological polar surface area (TPSA) is 69.2 Å². The van der Waals surface area contributed by atoms with Crippen molar-refractivity contribution >= 4 is 5.97 Å². The van der Waals surface area contributed by atoms with Gasteiger partial charge in [0.1, 0.15) is 0 Å². The lowest BCUT2D eigenvalue weighted by Gasteiger charge is -2.11. The van der Waals surface area contributed by atoms with E-state index in [2.05, 4.69) is 9.97 Å². The molecule has 5 nitrogen and oxygen atoms in total. The number of carboxylic acids is 1. The maximum atomic E-state index is 10.3. The summed E-state index contributed by atoms with van der Waals surface area (Å²) in [5.41, 5.74) is 0.916. The number of aromatic nitrogens is 2. The molecule has 0 aliphatic rings. The van der Waals surface area contributed by atoms with Crippen molar-refractivity contribution in [2.45, 2.75) is 6.54 Å². The number of hydrogen-bond acceptors (Lipinski definition) is 3. The quantitative estimate of drug-likeness (QED) is 0.661. The largest absolute Gasteiger partial charge is 0.480 e. The molecule has 5 heteroatoms. The van der Waals surface area contributed by atoms with Crippen LogP contribution in [0.15, 0.2) is 12.5 Å². The van der Waals surface area contributed by atoms with Gasteiger partial charge in [-0.15, -0.1) is 0 Å². The molecule has 0 saturated carbocycles. The van der Waals surface area contributed by atoms with Crippen LogP contribution in [0.5, 0.6) is 0 Å². The average Bonchev–Trinajstić information content (AvgIpc) is 2.37. The second-order valence-corrected chi connectivity index (χ2v) is 2.64. The molecule has 0 bridgehead atoms. The fourth-order valence-electron chi connectivity index (χ4n) is 0.949. The Hall–Kier alpha value is -1.36. The molecular weight excluding hydrogens is 158 g/mol. The molecule has 0 saturated heterocycles. The van der Waals surface area contributed by atoms with E-state index in [9.17, 15) is 4.79 Å². The number of imidazole rings is 1. The Labute approximate surface area is 70.0 Å². The van der Waals surface area contributed by atoms with E-state index < -0.39 is 5.97 Å². The minimum Gasteiger partial charge on any atom is -0.480 e. The van der Waals surface area contributed by atoms with Crippen LogP contribution in [0.1, 0.15) is 5.69 Å². The van der Waals surface area contributed by atoms with Crippen LogP contribution in [0, 0.1) is 0 Å². The Morgan fingerprint density at radius 1 is 1.83 bits per heavy atom. The highest BCUT2D eigenvalue weighted by atomic mass is 16.4. The molecule has 0 aliphatic heterocycles. The number of aromatic amines is 1. The molecule has 1 aromatic rings. The summed E-state index contributed by atoms with van der Waals surface area (Å²) < 4.78 is 0. The standard InChI is InChI=1S/C7H11N3O2/c1-10(4-7(11)12)3-6-2-8-5-9-6/h2,5H,3-4H2,1H3,(H,8,9)(H,11,12). The van der Waals surface area contributed by atoms with E-state index in [1.54, 1.807) is 24.5 Å². The van der Waals surface area contributed by atoms with Crippen molar-refractivity contribution in [1.82, 2.24) is 14.9 Å². The van der Waals surface area contributed by atoms with Crippen LogP contribution in [0.4, 0.5) is 0 Å². The molecule has 1 aromatic heterocycles. The third kappa shape index (κ3) is 2.71. The van der Waals surface area contributed by atoms with Gasteiger partial charge in [-0.25, -0.2) is 4.98 Å². The average molecular weight is 169 g/mol. The van der Waals surface area contributed by atoms with Crippen LogP contribution < -0.4 is 0 Å². The van der Waals surface area contributed by atoms with Gasteiger partial charge in [0.05, 0.1) is 12.9 Å². The normalized spacial score (nSPS) is 10.5. The SMILES string of the molecule is CN(CC(=O)O)Cc1cnc[nH]1. The summed E-state index contributed by atoms with van der Waals surface area (Å²) in [5.74, 6) is -0.822. The fourth-order valence-corrected chi connectivity index (χ4v) is 0.949. The van der Waals surface area contributed by atoms with Crippen LogP contribution in [0.2, 0.25) is 0 Å². The van der Waals surface area contributed by atoms with Crippen molar-refractivity contribution in [3.8, 4) is 0 Å². The zero-order chi connectivity index (χ0) is 8.97. The maximum Gasteiger partial charge on any atom is 0.317 e. The number of likely N-dealkylation sites (N-methyl/N-ethyl adjacent to an activating group) is 1. The molecule has 0 amide bonds. The van der Waals surface area contributed by atoms with Gasteiger partial charge in [-0.2, -0.15) is 0 Å². The van der Waals surface area contributed by atoms with Crippen molar-refractivity contribution < 1.29 is 9.90 Å².